The molecule has 0 amide bonds. The maximum absolute atomic E-state index is 12.8. The van der Waals surface area contributed by atoms with Crippen molar-refractivity contribution in [1.82, 2.24) is 0 Å². The number of carbonyl (C=O) groups excluding carboxylic acids is 1. The van der Waals surface area contributed by atoms with Crippen LogP contribution in [0.5, 0.6) is 5.75 Å². The van der Waals surface area contributed by atoms with Crippen molar-refractivity contribution in [3.63, 3.8) is 0 Å². The van der Waals surface area contributed by atoms with Crippen LogP contribution in [0.15, 0.2) is 66.7 Å². The number of hydrogen-bond acceptors (Lipinski definition) is 4. The maximum Gasteiger partial charge on any atom is 0.336 e. The summed E-state index contributed by atoms with van der Waals surface area (Å²) < 4.78 is 5.08. The number of benzene rings is 3. The molecule has 3 rings (SSSR count). The first-order valence-electron chi connectivity index (χ1n) is 8.37. The highest BCUT2D eigenvalue weighted by Gasteiger charge is 2.19. The second-order valence-corrected chi connectivity index (χ2v) is 6.11. The van der Waals surface area contributed by atoms with E-state index in [1.165, 1.54) is 12.1 Å². The van der Waals surface area contributed by atoms with Gasteiger partial charge in [-0.15, -0.1) is 0 Å². The molecule has 0 aromatic heterocycles. The Kier molecular flexibility index (Phi) is 5.22. The minimum absolute atomic E-state index is 0.0482. The molecule has 0 atom stereocenters. The summed E-state index contributed by atoms with van der Waals surface area (Å²) in [6, 6.07) is 19.0. The molecule has 5 heteroatoms. The van der Waals surface area contributed by atoms with E-state index in [1.54, 1.807) is 37.4 Å². The van der Waals surface area contributed by atoms with Crippen LogP contribution >= 0.6 is 0 Å². The van der Waals surface area contributed by atoms with E-state index in [2.05, 4.69) is 5.32 Å². The lowest BCUT2D eigenvalue weighted by molar-refractivity contribution is 0.0693. The average Bonchev–Trinajstić information content (AvgIpc) is 2.69. The Hall–Kier alpha value is -3.60. The lowest BCUT2D eigenvalue weighted by Gasteiger charge is -2.11. The third-order valence-corrected chi connectivity index (χ3v) is 4.19. The zero-order valence-electron chi connectivity index (χ0n) is 15.0. The number of carboxylic acids is 1. The van der Waals surface area contributed by atoms with Gasteiger partial charge >= 0.3 is 5.97 Å². The molecule has 0 bridgehead atoms. The Labute approximate surface area is 157 Å². The van der Waals surface area contributed by atoms with E-state index in [0.29, 0.717) is 17.0 Å². The molecule has 3 aromatic carbocycles. The Balaban J connectivity index is 1.92. The molecule has 0 aliphatic rings. The van der Waals surface area contributed by atoms with Crippen molar-refractivity contribution in [3.05, 3.63) is 89.0 Å². The van der Waals surface area contributed by atoms with Crippen LogP contribution in [0.25, 0.3) is 0 Å². The fourth-order valence-electron chi connectivity index (χ4n) is 2.70. The van der Waals surface area contributed by atoms with E-state index in [-0.39, 0.29) is 16.9 Å². The van der Waals surface area contributed by atoms with Gasteiger partial charge in [0.2, 0.25) is 0 Å². The molecule has 136 valence electrons. The smallest absolute Gasteiger partial charge is 0.336 e. The van der Waals surface area contributed by atoms with Crippen LogP contribution in [0.4, 0.5) is 11.4 Å². The number of aromatic carboxylic acids is 1. The average molecular weight is 361 g/mol. The minimum atomic E-state index is -1.15. The normalized spacial score (nSPS) is 10.3. The molecule has 0 heterocycles. The molecule has 0 saturated heterocycles. The van der Waals surface area contributed by atoms with E-state index < -0.39 is 5.97 Å². The molecule has 0 unspecified atom stereocenters. The van der Waals surface area contributed by atoms with Crippen molar-refractivity contribution in [2.75, 3.05) is 12.4 Å². The van der Waals surface area contributed by atoms with Gasteiger partial charge in [0.05, 0.1) is 12.7 Å². The highest BCUT2D eigenvalue weighted by Crippen LogP contribution is 2.23. The zero-order chi connectivity index (χ0) is 19.4. The van der Waals surface area contributed by atoms with Gasteiger partial charge in [-0.3, -0.25) is 4.79 Å². The molecule has 0 saturated carbocycles. The van der Waals surface area contributed by atoms with Crippen molar-refractivity contribution in [3.8, 4) is 5.75 Å². The van der Waals surface area contributed by atoms with Gasteiger partial charge < -0.3 is 15.2 Å². The summed E-state index contributed by atoms with van der Waals surface area (Å²) in [6.07, 6.45) is 0. The van der Waals surface area contributed by atoms with E-state index in [9.17, 15) is 14.7 Å². The standard InChI is InChI=1S/C22H19NO4/c1-14-3-7-16(8-4-14)23-17-9-12-19(20(13-17)22(25)26)21(24)15-5-10-18(27-2)11-6-15/h3-13,23H,1-2H3,(H,25,26). The molecular weight excluding hydrogens is 342 g/mol. The molecule has 0 aliphatic heterocycles. The molecule has 27 heavy (non-hydrogen) atoms. The van der Waals surface area contributed by atoms with Crippen LogP contribution in [0.3, 0.4) is 0 Å². The molecule has 0 fully saturated rings. The van der Waals surface area contributed by atoms with Gasteiger partial charge in [-0.2, -0.15) is 0 Å². The Morgan fingerprint density at radius 2 is 1.48 bits per heavy atom. The number of methoxy groups -OCH3 is 1. The largest absolute Gasteiger partial charge is 0.497 e. The summed E-state index contributed by atoms with van der Waals surface area (Å²) in [5, 5.41) is 12.7. The van der Waals surface area contributed by atoms with Crippen LogP contribution in [-0.2, 0) is 0 Å². The first-order valence-corrected chi connectivity index (χ1v) is 8.37. The Bertz CT molecular complexity index is 976. The third-order valence-electron chi connectivity index (χ3n) is 4.19. The van der Waals surface area contributed by atoms with Crippen LogP contribution < -0.4 is 10.1 Å². The summed E-state index contributed by atoms with van der Waals surface area (Å²) in [4.78, 5) is 24.5. The highest BCUT2D eigenvalue weighted by molar-refractivity contribution is 6.14. The second-order valence-electron chi connectivity index (χ2n) is 6.11. The number of carboxylic acid groups (broad SMARTS) is 1. The minimum Gasteiger partial charge on any atom is -0.497 e. The first-order chi connectivity index (χ1) is 13.0. The summed E-state index contributed by atoms with van der Waals surface area (Å²) in [5.74, 6) is -0.876. The molecule has 0 aliphatic carbocycles. The fourth-order valence-corrected chi connectivity index (χ4v) is 2.70. The molecule has 3 aromatic rings. The van der Waals surface area contributed by atoms with Gasteiger partial charge in [-0.05, 0) is 61.5 Å². The Morgan fingerprint density at radius 3 is 2.07 bits per heavy atom. The van der Waals surface area contributed by atoms with Crippen molar-refractivity contribution >= 4 is 23.1 Å². The van der Waals surface area contributed by atoms with E-state index in [0.717, 1.165) is 11.3 Å². The van der Waals surface area contributed by atoms with E-state index in [4.69, 9.17) is 4.74 Å². The van der Waals surface area contributed by atoms with Crippen molar-refractivity contribution in [1.29, 1.82) is 0 Å². The van der Waals surface area contributed by atoms with Gasteiger partial charge in [-0.25, -0.2) is 4.79 Å². The second kappa shape index (κ2) is 7.74. The maximum atomic E-state index is 12.8. The zero-order valence-corrected chi connectivity index (χ0v) is 15.0. The number of anilines is 2. The van der Waals surface area contributed by atoms with Gasteiger partial charge in [0.1, 0.15) is 5.75 Å². The predicted molar refractivity (Wildman–Crippen MR) is 104 cm³/mol. The van der Waals surface area contributed by atoms with Gasteiger partial charge in [0.15, 0.2) is 5.78 Å². The number of hydrogen-bond donors (Lipinski definition) is 2. The molecule has 0 spiro atoms. The lowest BCUT2D eigenvalue weighted by atomic mass is 9.97. The number of rotatable bonds is 6. The summed E-state index contributed by atoms with van der Waals surface area (Å²) >= 11 is 0. The van der Waals surface area contributed by atoms with Crippen molar-refractivity contribution < 1.29 is 19.4 Å². The Morgan fingerprint density at radius 1 is 0.852 bits per heavy atom. The van der Waals surface area contributed by atoms with E-state index >= 15 is 0 Å². The SMILES string of the molecule is COc1ccc(C(=O)c2ccc(Nc3ccc(C)cc3)cc2C(=O)O)cc1. The fraction of sp³-hybridized carbons (Fsp3) is 0.0909. The summed E-state index contributed by atoms with van der Waals surface area (Å²) in [7, 11) is 1.54. The van der Waals surface area contributed by atoms with Gasteiger partial charge in [0, 0.05) is 22.5 Å². The van der Waals surface area contributed by atoms with Crippen LogP contribution in [0.2, 0.25) is 0 Å². The van der Waals surface area contributed by atoms with Crippen LogP contribution in [0, 0.1) is 6.92 Å². The number of nitrogens with one attached hydrogen (secondary N) is 1. The quantitative estimate of drug-likeness (QED) is 0.624. The molecule has 5 nitrogen and oxygen atoms in total. The third kappa shape index (κ3) is 4.15. The van der Waals surface area contributed by atoms with Crippen molar-refractivity contribution in [2.45, 2.75) is 6.92 Å². The number of ether oxygens (including phenoxy) is 1. The number of ketones is 1. The van der Waals surface area contributed by atoms with Gasteiger partial charge in [-0.1, -0.05) is 17.7 Å². The van der Waals surface area contributed by atoms with Gasteiger partial charge in [0.25, 0.3) is 0 Å². The molecule has 0 radical (unpaired) electrons. The van der Waals surface area contributed by atoms with E-state index in [1.807, 2.05) is 31.2 Å². The molecule has 2 N–H and O–H groups in total. The van der Waals surface area contributed by atoms with Crippen molar-refractivity contribution in [2.24, 2.45) is 0 Å². The predicted octanol–water partition coefficient (Wildman–Crippen LogP) is 4.68. The highest BCUT2D eigenvalue weighted by atomic mass is 16.5. The topological polar surface area (TPSA) is 75.6 Å². The summed E-state index contributed by atoms with van der Waals surface area (Å²) in [5.41, 5.74) is 3.06. The number of aryl methyl sites for hydroxylation is 1. The monoisotopic (exact) mass is 361 g/mol. The summed E-state index contributed by atoms with van der Waals surface area (Å²) in [6.45, 7) is 1.99. The lowest BCUT2D eigenvalue weighted by Crippen LogP contribution is -2.10. The number of carbonyl (C=O) groups is 2. The molecular formula is C22H19NO4. The first kappa shape index (κ1) is 18.2. The van der Waals surface area contributed by atoms with Crippen LogP contribution in [-0.4, -0.2) is 24.0 Å². The van der Waals surface area contributed by atoms with Crippen LogP contribution in [0.1, 0.15) is 31.8 Å².